The highest BCUT2D eigenvalue weighted by Gasteiger charge is 2.21. The van der Waals surface area contributed by atoms with E-state index in [4.69, 9.17) is 0 Å². The van der Waals surface area contributed by atoms with E-state index in [9.17, 15) is 14.3 Å². The molecule has 0 fully saturated rings. The third-order valence-corrected chi connectivity index (χ3v) is 4.10. The number of aliphatic hydroxyl groups is 1. The molecule has 0 spiro atoms. The van der Waals surface area contributed by atoms with Crippen LogP contribution in [0, 0.1) is 5.82 Å². The van der Waals surface area contributed by atoms with Crippen molar-refractivity contribution in [3.05, 3.63) is 42.0 Å². The van der Waals surface area contributed by atoms with Crippen LogP contribution in [0.4, 0.5) is 4.39 Å². The van der Waals surface area contributed by atoms with Crippen LogP contribution in [0.2, 0.25) is 0 Å². The molecule has 2 rings (SSSR count). The first-order valence-electron chi connectivity index (χ1n) is 7.25. The van der Waals surface area contributed by atoms with Crippen LogP contribution in [0.3, 0.4) is 0 Å². The van der Waals surface area contributed by atoms with Gasteiger partial charge in [-0.25, -0.2) is 9.37 Å². The molecular formula is C16H20FN3O2S. The van der Waals surface area contributed by atoms with Gasteiger partial charge in [0.05, 0.1) is 12.3 Å². The SMILES string of the molecule is CSc1ncc(C(=O)N(C)CCC(C)O)n1-c1ccc(F)cc1. The Morgan fingerprint density at radius 1 is 1.43 bits per heavy atom. The van der Waals surface area contributed by atoms with Gasteiger partial charge in [0.25, 0.3) is 5.91 Å². The molecule has 1 N–H and O–H groups in total. The molecule has 0 radical (unpaired) electrons. The minimum absolute atomic E-state index is 0.192. The average Bonchev–Trinajstić information content (AvgIpc) is 2.96. The summed E-state index contributed by atoms with van der Waals surface area (Å²) < 4.78 is 14.9. The van der Waals surface area contributed by atoms with Gasteiger partial charge < -0.3 is 10.0 Å². The van der Waals surface area contributed by atoms with Crippen molar-refractivity contribution in [2.75, 3.05) is 19.8 Å². The second kappa shape index (κ2) is 7.61. The van der Waals surface area contributed by atoms with Crippen LogP contribution in [0.15, 0.2) is 35.6 Å². The molecule has 0 saturated carbocycles. The van der Waals surface area contributed by atoms with Crippen LogP contribution >= 0.6 is 11.8 Å². The summed E-state index contributed by atoms with van der Waals surface area (Å²) in [4.78, 5) is 18.5. The number of thioether (sulfide) groups is 1. The maximum absolute atomic E-state index is 13.1. The van der Waals surface area contributed by atoms with Crippen molar-refractivity contribution >= 4 is 17.7 Å². The third-order valence-electron chi connectivity index (χ3n) is 3.44. The summed E-state index contributed by atoms with van der Waals surface area (Å²) in [6, 6.07) is 5.93. The summed E-state index contributed by atoms with van der Waals surface area (Å²) in [5, 5.41) is 10.0. The molecule has 1 atom stereocenters. The fourth-order valence-corrected chi connectivity index (χ4v) is 2.69. The second-order valence-corrected chi connectivity index (χ2v) is 6.08. The maximum Gasteiger partial charge on any atom is 0.272 e. The van der Waals surface area contributed by atoms with Crippen molar-refractivity contribution in [1.29, 1.82) is 0 Å². The number of aliphatic hydroxyl groups excluding tert-OH is 1. The molecular weight excluding hydrogens is 317 g/mol. The molecule has 7 heteroatoms. The highest BCUT2D eigenvalue weighted by atomic mass is 32.2. The van der Waals surface area contributed by atoms with Gasteiger partial charge in [-0.05, 0) is 43.9 Å². The second-order valence-electron chi connectivity index (χ2n) is 5.31. The summed E-state index contributed by atoms with van der Waals surface area (Å²) in [5.74, 6) is -0.524. The quantitative estimate of drug-likeness (QED) is 0.823. The predicted molar refractivity (Wildman–Crippen MR) is 88.6 cm³/mol. The molecule has 1 unspecified atom stereocenters. The van der Waals surface area contributed by atoms with Gasteiger partial charge in [-0.3, -0.25) is 9.36 Å². The highest BCUT2D eigenvalue weighted by Crippen LogP contribution is 2.22. The van der Waals surface area contributed by atoms with E-state index in [1.807, 2.05) is 6.26 Å². The summed E-state index contributed by atoms with van der Waals surface area (Å²) in [6.45, 7) is 2.13. The maximum atomic E-state index is 13.1. The van der Waals surface area contributed by atoms with Crippen LogP contribution < -0.4 is 0 Å². The van der Waals surface area contributed by atoms with Gasteiger partial charge in [0.1, 0.15) is 11.5 Å². The molecule has 1 heterocycles. The highest BCUT2D eigenvalue weighted by molar-refractivity contribution is 7.98. The van der Waals surface area contributed by atoms with Crippen LogP contribution in [0.1, 0.15) is 23.8 Å². The third kappa shape index (κ3) is 4.11. The number of benzene rings is 1. The van der Waals surface area contributed by atoms with Crippen molar-refractivity contribution in [2.24, 2.45) is 0 Å². The topological polar surface area (TPSA) is 58.4 Å². The van der Waals surface area contributed by atoms with Crippen molar-refractivity contribution in [3.8, 4) is 5.69 Å². The smallest absolute Gasteiger partial charge is 0.272 e. The van der Waals surface area contributed by atoms with Crippen molar-refractivity contribution in [1.82, 2.24) is 14.5 Å². The molecule has 1 aromatic heterocycles. The molecule has 23 heavy (non-hydrogen) atoms. The fraction of sp³-hybridized carbons (Fsp3) is 0.375. The number of carbonyl (C=O) groups is 1. The lowest BCUT2D eigenvalue weighted by Crippen LogP contribution is -2.31. The first-order valence-corrected chi connectivity index (χ1v) is 8.47. The molecule has 0 bridgehead atoms. The number of amides is 1. The van der Waals surface area contributed by atoms with Crippen LogP contribution in [0.25, 0.3) is 5.69 Å². The minimum atomic E-state index is -0.464. The summed E-state index contributed by atoms with van der Waals surface area (Å²) in [6.07, 6.45) is 3.43. The Balaban J connectivity index is 2.34. The van der Waals surface area contributed by atoms with Gasteiger partial charge in [0, 0.05) is 19.3 Å². The van der Waals surface area contributed by atoms with E-state index in [0.717, 1.165) is 0 Å². The molecule has 5 nitrogen and oxygen atoms in total. The minimum Gasteiger partial charge on any atom is -0.393 e. The van der Waals surface area contributed by atoms with Gasteiger partial charge in [0.15, 0.2) is 5.16 Å². The lowest BCUT2D eigenvalue weighted by Gasteiger charge is -2.19. The number of rotatable bonds is 6. The Bertz CT molecular complexity index is 670. The van der Waals surface area contributed by atoms with Gasteiger partial charge >= 0.3 is 0 Å². The van der Waals surface area contributed by atoms with E-state index in [2.05, 4.69) is 4.98 Å². The number of halogens is 1. The number of aromatic nitrogens is 2. The molecule has 1 aromatic carbocycles. The molecule has 124 valence electrons. The van der Waals surface area contributed by atoms with Crippen molar-refractivity contribution < 1.29 is 14.3 Å². The molecule has 2 aromatic rings. The van der Waals surface area contributed by atoms with E-state index in [1.54, 1.807) is 35.6 Å². The van der Waals surface area contributed by atoms with E-state index < -0.39 is 6.10 Å². The lowest BCUT2D eigenvalue weighted by atomic mass is 10.2. The number of nitrogens with zero attached hydrogens (tertiary/aromatic N) is 3. The predicted octanol–water partition coefficient (Wildman–Crippen LogP) is 2.58. The zero-order valence-electron chi connectivity index (χ0n) is 13.4. The largest absolute Gasteiger partial charge is 0.393 e. The Labute approximate surface area is 139 Å². The fourth-order valence-electron chi connectivity index (χ4n) is 2.15. The molecule has 0 aliphatic carbocycles. The molecule has 0 aliphatic rings. The zero-order chi connectivity index (χ0) is 17.0. The number of hydrogen-bond acceptors (Lipinski definition) is 4. The van der Waals surface area contributed by atoms with Gasteiger partial charge in [-0.2, -0.15) is 0 Å². The molecule has 0 saturated heterocycles. The number of imidazole rings is 1. The average molecular weight is 337 g/mol. The summed E-state index contributed by atoms with van der Waals surface area (Å²) >= 11 is 1.41. The van der Waals surface area contributed by atoms with E-state index in [1.165, 1.54) is 30.1 Å². The van der Waals surface area contributed by atoms with Gasteiger partial charge in [-0.15, -0.1) is 0 Å². The Morgan fingerprint density at radius 2 is 2.09 bits per heavy atom. The van der Waals surface area contributed by atoms with E-state index >= 15 is 0 Å². The Kier molecular flexibility index (Phi) is 5.79. The van der Waals surface area contributed by atoms with Crippen molar-refractivity contribution in [2.45, 2.75) is 24.6 Å². The molecule has 1 amide bonds. The Hall–Kier alpha value is -1.86. The number of hydrogen-bond donors (Lipinski definition) is 1. The van der Waals surface area contributed by atoms with E-state index in [0.29, 0.717) is 29.5 Å². The number of carbonyl (C=O) groups excluding carboxylic acids is 1. The van der Waals surface area contributed by atoms with Crippen LogP contribution in [-0.4, -0.2) is 51.4 Å². The molecule has 0 aliphatic heterocycles. The Morgan fingerprint density at radius 3 is 2.65 bits per heavy atom. The lowest BCUT2D eigenvalue weighted by molar-refractivity contribution is 0.0760. The first kappa shape index (κ1) is 17.5. The van der Waals surface area contributed by atoms with E-state index in [-0.39, 0.29) is 11.7 Å². The van der Waals surface area contributed by atoms with Gasteiger partial charge in [-0.1, -0.05) is 11.8 Å². The summed E-state index contributed by atoms with van der Waals surface area (Å²) in [5.41, 5.74) is 1.09. The summed E-state index contributed by atoms with van der Waals surface area (Å²) in [7, 11) is 1.69. The normalized spacial score (nSPS) is 12.2. The van der Waals surface area contributed by atoms with Crippen molar-refractivity contribution in [3.63, 3.8) is 0 Å². The standard InChI is InChI=1S/C16H20FN3O2S/c1-11(21)8-9-19(2)15(22)14-10-18-16(23-3)20(14)13-6-4-12(17)5-7-13/h4-7,10-11,21H,8-9H2,1-3H3. The first-order chi connectivity index (χ1) is 10.9. The van der Waals surface area contributed by atoms with Gasteiger partial charge in [0.2, 0.25) is 0 Å². The van der Waals surface area contributed by atoms with Crippen LogP contribution in [0.5, 0.6) is 0 Å². The monoisotopic (exact) mass is 337 g/mol. The zero-order valence-corrected chi connectivity index (χ0v) is 14.2. The van der Waals surface area contributed by atoms with Crippen LogP contribution in [-0.2, 0) is 0 Å².